The highest BCUT2D eigenvalue weighted by Crippen LogP contribution is 2.65. The van der Waals surface area contributed by atoms with Crippen molar-refractivity contribution in [2.45, 2.75) is 26.5 Å². The Morgan fingerprint density at radius 1 is 0.667 bits per heavy atom. The first-order chi connectivity index (χ1) is 17.4. The fourth-order valence-electron chi connectivity index (χ4n) is 3.66. The van der Waals surface area contributed by atoms with Gasteiger partial charge >= 0.3 is 0 Å². The highest BCUT2D eigenvalue weighted by molar-refractivity contribution is 8.25. The number of hydrogen-bond acceptors (Lipinski definition) is 9. The lowest BCUT2D eigenvalue weighted by Crippen LogP contribution is -2.02. The monoisotopic (exact) mass is 542 g/mol. The van der Waals surface area contributed by atoms with E-state index in [4.69, 9.17) is 0 Å². The van der Waals surface area contributed by atoms with Crippen LogP contribution >= 0.6 is 47.0 Å². The number of ketones is 2. The Hall–Kier alpha value is -3.34. The molecule has 2 heterocycles. The average molecular weight is 543 g/mol. The van der Waals surface area contributed by atoms with Gasteiger partial charge in [-0.15, -0.1) is 0 Å². The van der Waals surface area contributed by atoms with Crippen molar-refractivity contribution in [2.24, 2.45) is 0 Å². The predicted molar refractivity (Wildman–Crippen MR) is 143 cm³/mol. The van der Waals surface area contributed by atoms with Crippen LogP contribution in [0.2, 0.25) is 0 Å². The van der Waals surface area contributed by atoms with E-state index in [0.29, 0.717) is 29.4 Å². The summed E-state index contributed by atoms with van der Waals surface area (Å²) in [5, 5.41) is 30.7. The van der Waals surface area contributed by atoms with E-state index in [1.54, 1.807) is 60.7 Å². The van der Waals surface area contributed by atoms with Crippen molar-refractivity contribution in [3.8, 4) is 17.9 Å². The number of rotatable bonds is 4. The van der Waals surface area contributed by atoms with Gasteiger partial charge in [0.15, 0.2) is 0 Å². The number of hydrogen-bond donors (Lipinski definition) is 1. The number of aromatic hydroxyl groups is 1. The average Bonchev–Trinajstić information content (AvgIpc) is 3.55. The summed E-state index contributed by atoms with van der Waals surface area (Å²) < 4.78 is 1.04. The van der Waals surface area contributed by atoms with Gasteiger partial charge in [-0.05, 0) is 12.5 Å². The van der Waals surface area contributed by atoms with Gasteiger partial charge in [0.05, 0.1) is 18.3 Å². The molecular weight excluding hydrogens is 529 g/mol. The Labute approximate surface area is 224 Å². The maximum atomic E-state index is 13.0. The molecule has 0 aliphatic carbocycles. The summed E-state index contributed by atoms with van der Waals surface area (Å²) in [6, 6.07) is 21.3. The number of carbonyl (C=O) groups excluding carboxylic acids is 2. The molecule has 9 heteroatoms. The summed E-state index contributed by atoms with van der Waals surface area (Å²) in [7, 11) is 0. The number of carbonyl (C=O) groups is 2. The third-order valence-corrected chi connectivity index (χ3v) is 10.9. The van der Waals surface area contributed by atoms with Gasteiger partial charge in [0, 0.05) is 20.9 Å². The van der Waals surface area contributed by atoms with Gasteiger partial charge in [-0.2, -0.15) is 10.5 Å². The minimum absolute atomic E-state index is 0.0273. The van der Waals surface area contributed by atoms with Crippen LogP contribution in [0, 0.1) is 29.6 Å². The Kier molecular flexibility index (Phi) is 6.74. The molecule has 5 rings (SSSR count). The molecule has 0 aromatic heterocycles. The van der Waals surface area contributed by atoms with Gasteiger partial charge in [-0.3, -0.25) is 9.59 Å². The van der Waals surface area contributed by atoms with E-state index in [9.17, 15) is 25.2 Å². The summed E-state index contributed by atoms with van der Waals surface area (Å²) in [6.07, 6.45) is 0. The molecule has 174 valence electrons. The zero-order valence-electron chi connectivity index (χ0n) is 18.6. The molecule has 0 radical (unpaired) electrons. The third-order valence-electron chi connectivity index (χ3n) is 5.46. The van der Waals surface area contributed by atoms with Crippen molar-refractivity contribution in [2.75, 3.05) is 0 Å². The Balaban J connectivity index is 1.52. The summed E-state index contributed by atoms with van der Waals surface area (Å²) in [4.78, 5) is 28.6. The second-order valence-corrected chi connectivity index (χ2v) is 12.2. The molecule has 0 amide bonds. The molecule has 2 aliphatic heterocycles. The molecule has 0 saturated heterocycles. The summed E-state index contributed by atoms with van der Waals surface area (Å²) in [5.41, 5.74) is 1.79. The zero-order chi connectivity index (χ0) is 25.4. The lowest BCUT2D eigenvalue weighted by molar-refractivity contribution is 0.103. The second kappa shape index (κ2) is 9.96. The largest absolute Gasteiger partial charge is 0.505 e. The van der Waals surface area contributed by atoms with Crippen molar-refractivity contribution in [1.29, 1.82) is 10.5 Å². The van der Waals surface area contributed by atoms with Crippen LogP contribution in [0.1, 0.15) is 26.3 Å². The number of thioether (sulfide) groups is 4. The number of nitriles is 2. The smallest absolute Gasteiger partial charge is 0.205 e. The zero-order valence-corrected chi connectivity index (χ0v) is 21.8. The van der Waals surface area contributed by atoms with Gasteiger partial charge in [0.2, 0.25) is 11.6 Å². The molecule has 2 aliphatic rings. The minimum Gasteiger partial charge on any atom is -0.505 e. The number of allylic oxidation sites excluding steroid dienone is 2. The van der Waals surface area contributed by atoms with Gasteiger partial charge in [-0.25, -0.2) is 0 Å². The number of fused-ring (bicyclic) bond motifs is 2. The maximum absolute atomic E-state index is 13.0. The van der Waals surface area contributed by atoms with E-state index in [-0.39, 0.29) is 28.5 Å². The van der Waals surface area contributed by atoms with Crippen molar-refractivity contribution >= 4 is 58.6 Å². The first kappa shape index (κ1) is 24.4. The van der Waals surface area contributed by atoms with Crippen LogP contribution in [-0.4, -0.2) is 16.7 Å². The number of phenolic OH excluding ortho intramolecular Hbond substituents is 1. The normalized spacial score (nSPS) is 16.4. The summed E-state index contributed by atoms with van der Waals surface area (Å²) >= 11 is 4.96. The van der Waals surface area contributed by atoms with Crippen molar-refractivity contribution in [3.05, 3.63) is 97.0 Å². The Morgan fingerprint density at radius 2 is 1.03 bits per heavy atom. The lowest BCUT2D eigenvalue weighted by Gasteiger charge is -2.09. The van der Waals surface area contributed by atoms with Crippen LogP contribution in [-0.2, 0) is 0 Å². The molecule has 0 unspecified atom stereocenters. The van der Waals surface area contributed by atoms with E-state index in [2.05, 4.69) is 0 Å². The maximum Gasteiger partial charge on any atom is 0.205 e. The first-order valence-electron chi connectivity index (χ1n) is 10.5. The fraction of sp³-hybridized carbons (Fsp3) is 0.0370. The molecule has 3 aromatic rings. The number of phenols is 1. The molecule has 1 N–H and O–H groups in total. The lowest BCUT2D eigenvalue weighted by atomic mass is 10.1. The van der Waals surface area contributed by atoms with E-state index in [0.717, 1.165) is 15.4 Å². The molecule has 36 heavy (non-hydrogen) atoms. The van der Waals surface area contributed by atoms with Crippen LogP contribution < -0.4 is 0 Å². The van der Waals surface area contributed by atoms with E-state index >= 15 is 0 Å². The van der Waals surface area contributed by atoms with Gasteiger partial charge < -0.3 is 5.11 Å². The molecule has 0 saturated carbocycles. The van der Waals surface area contributed by atoms with Crippen LogP contribution in [0.25, 0.3) is 0 Å². The SMILES string of the molecule is Cc1c2c(c(O)c3c1S/C(=C(/C#N)C(=O)c1ccccc1)S3)S/C(=C(/C#N)C(=O)c1ccccc1)S2. The molecule has 0 bridgehead atoms. The Morgan fingerprint density at radius 3 is 1.39 bits per heavy atom. The van der Waals surface area contributed by atoms with Gasteiger partial charge in [-0.1, -0.05) is 108 Å². The van der Waals surface area contributed by atoms with Crippen molar-refractivity contribution < 1.29 is 14.7 Å². The highest BCUT2D eigenvalue weighted by Gasteiger charge is 2.36. The summed E-state index contributed by atoms with van der Waals surface area (Å²) in [5.74, 6) is -0.699. The summed E-state index contributed by atoms with van der Waals surface area (Å²) in [6.45, 7) is 1.90. The van der Waals surface area contributed by atoms with Gasteiger partial charge in [0.25, 0.3) is 0 Å². The van der Waals surface area contributed by atoms with Crippen molar-refractivity contribution in [3.63, 3.8) is 0 Å². The number of Topliss-reactive ketones (excluding diaryl/α,β-unsaturated/α-hetero) is 2. The standard InChI is InChI=1S/C27H14N2O3S4/c1-14-22-24(35-26(33-22)17(12-28)19(30)15-8-4-2-5-9-15)21(32)25-23(14)34-27(36-25)18(13-29)20(31)16-10-6-3-7-11-16/h2-11,32H,1H3/b26-17-,27-18+. The molecule has 5 nitrogen and oxygen atoms in total. The van der Waals surface area contributed by atoms with Crippen LogP contribution in [0.4, 0.5) is 0 Å². The van der Waals surface area contributed by atoms with Crippen molar-refractivity contribution in [1.82, 2.24) is 0 Å². The topological polar surface area (TPSA) is 102 Å². The van der Waals surface area contributed by atoms with Crippen LogP contribution in [0.3, 0.4) is 0 Å². The minimum atomic E-state index is -0.363. The predicted octanol–water partition coefficient (Wildman–Crippen LogP) is 7.33. The quantitative estimate of drug-likeness (QED) is 0.206. The highest BCUT2D eigenvalue weighted by atomic mass is 32.2. The molecule has 0 atom stereocenters. The van der Waals surface area contributed by atoms with Crippen LogP contribution in [0.5, 0.6) is 5.75 Å². The van der Waals surface area contributed by atoms with Gasteiger partial charge in [0.1, 0.15) is 29.0 Å². The van der Waals surface area contributed by atoms with E-state index < -0.39 is 0 Å². The Bertz CT molecular complexity index is 1440. The molecule has 0 fully saturated rings. The molecular formula is C27H14N2O3S4. The fourth-order valence-corrected chi connectivity index (χ4v) is 9.10. The van der Waals surface area contributed by atoms with E-state index in [1.807, 2.05) is 19.1 Å². The van der Waals surface area contributed by atoms with Crippen LogP contribution in [0.15, 0.2) is 99.9 Å². The molecule has 3 aromatic carbocycles. The third kappa shape index (κ3) is 4.15. The second-order valence-electron chi connectivity index (χ2n) is 7.64. The molecule has 0 spiro atoms. The first-order valence-corrected chi connectivity index (χ1v) is 13.8. The number of nitrogens with zero attached hydrogens (tertiary/aromatic N) is 2. The number of benzene rings is 3. The van der Waals surface area contributed by atoms with E-state index in [1.165, 1.54) is 47.0 Å².